The Hall–Kier alpha value is -2.31. The molecule has 0 radical (unpaired) electrons. The van der Waals surface area contributed by atoms with Crippen molar-refractivity contribution in [3.8, 4) is 0 Å². The third-order valence-electron chi connectivity index (χ3n) is 5.39. The van der Waals surface area contributed by atoms with Crippen LogP contribution < -0.4 is 15.5 Å². The van der Waals surface area contributed by atoms with Gasteiger partial charge in [-0.15, -0.1) is 0 Å². The van der Waals surface area contributed by atoms with Crippen LogP contribution in [0.25, 0.3) is 0 Å². The Morgan fingerprint density at radius 1 is 0.846 bits per heavy atom. The second-order valence-electron chi connectivity index (χ2n) is 6.98. The van der Waals surface area contributed by atoms with Crippen molar-refractivity contribution < 1.29 is 23.4 Å². The summed E-state index contributed by atoms with van der Waals surface area (Å²) in [5.41, 5.74) is 7.43. The molecule has 1 aliphatic rings. The molecule has 3 rings (SSSR count). The molecule has 1 aliphatic heterocycles. The maximum absolute atomic E-state index is 13.4. The molecule has 26 heavy (non-hydrogen) atoms. The van der Waals surface area contributed by atoms with Gasteiger partial charge in [-0.25, -0.2) is 8.78 Å². The topological polar surface area (TPSA) is 52.0 Å². The number of carbonyl (C=O) groups is 1. The van der Waals surface area contributed by atoms with Crippen molar-refractivity contribution in [2.45, 2.75) is 19.0 Å². The number of hydrogen-bond acceptors (Lipinski definition) is 1. The van der Waals surface area contributed by atoms with Gasteiger partial charge in [-0.05, 0) is 55.5 Å². The molecule has 4 N–H and O–H groups in total. The van der Waals surface area contributed by atoms with Crippen molar-refractivity contribution >= 4 is 5.91 Å². The van der Waals surface area contributed by atoms with E-state index in [9.17, 15) is 13.6 Å². The number of rotatable bonds is 5. The van der Waals surface area contributed by atoms with E-state index in [1.54, 1.807) is 24.3 Å². The smallest absolute Gasteiger partial charge is 0.275 e. The summed E-state index contributed by atoms with van der Waals surface area (Å²) in [6.07, 6.45) is 0. The fourth-order valence-corrected chi connectivity index (χ4v) is 3.79. The van der Waals surface area contributed by atoms with Gasteiger partial charge < -0.3 is 15.5 Å². The fourth-order valence-electron chi connectivity index (χ4n) is 3.79. The number of quaternary nitrogens is 2. The van der Waals surface area contributed by atoms with Crippen LogP contribution in [0.5, 0.6) is 0 Å². The molecule has 0 unspecified atom stereocenters. The highest BCUT2D eigenvalue weighted by atomic mass is 19.1. The minimum absolute atomic E-state index is 0.00151. The first-order chi connectivity index (χ1) is 12.5. The van der Waals surface area contributed by atoms with Gasteiger partial charge in [0.05, 0.1) is 0 Å². The van der Waals surface area contributed by atoms with E-state index in [0.29, 0.717) is 0 Å². The van der Waals surface area contributed by atoms with Gasteiger partial charge in [-0.1, -0.05) is 0 Å². The molecular weight excluding hydrogens is 336 g/mol. The highest BCUT2D eigenvalue weighted by molar-refractivity contribution is 5.77. The first kappa shape index (κ1) is 18.5. The lowest BCUT2D eigenvalue weighted by molar-refractivity contribution is -1.03. The molecule has 1 fully saturated rings. The third-order valence-corrected chi connectivity index (χ3v) is 5.39. The van der Waals surface area contributed by atoms with Crippen LogP contribution in [0.1, 0.15) is 24.1 Å². The quantitative estimate of drug-likeness (QED) is 0.674. The van der Waals surface area contributed by atoms with Gasteiger partial charge in [0.25, 0.3) is 5.91 Å². The van der Waals surface area contributed by atoms with Crippen molar-refractivity contribution in [1.29, 1.82) is 0 Å². The van der Waals surface area contributed by atoms with E-state index in [0.717, 1.165) is 37.3 Å². The summed E-state index contributed by atoms with van der Waals surface area (Å²) in [6.45, 7) is 5.23. The molecule has 0 spiro atoms. The molecule has 6 heteroatoms. The van der Waals surface area contributed by atoms with E-state index in [-0.39, 0.29) is 29.6 Å². The summed E-state index contributed by atoms with van der Waals surface area (Å²) in [4.78, 5) is 14.0. The van der Waals surface area contributed by atoms with Crippen LogP contribution in [0.3, 0.4) is 0 Å². The van der Waals surface area contributed by atoms with Crippen LogP contribution in [0, 0.1) is 11.6 Å². The normalized spacial score (nSPS) is 21.5. The first-order valence-corrected chi connectivity index (χ1v) is 8.95. The SMILES string of the molecule is C[C@@H](C(N)=O)[NH+]1CC[NH+](C(c2ccc(F)cc2)c2ccc(F)cc2)CC1. The highest BCUT2D eigenvalue weighted by Gasteiger charge is 2.34. The van der Waals surface area contributed by atoms with Gasteiger partial charge >= 0.3 is 0 Å². The summed E-state index contributed by atoms with van der Waals surface area (Å²) >= 11 is 0. The summed E-state index contributed by atoms with van der Waals surface area (Å²) in [6, 6.07) is 12.8. The molecule has 1 amide bonds. The number of halogens is 2. The molecule has 1 heterocycles. The van der Waals surface area contributed by atoms with Gasteiger partial charge in [-0.2, -0.15) is 0 Å². The molecular formula is C20H25F2N3O+2. The summed E-state index contributed by atoms with van der Waals surface area (Å²) in [5, 5.41) is 0. The molecule has 0 bridgehead atoms. The molecule has 1 atom stereocenters. The number of hydrogen-bond donors (Lipinski definition) is 3. The number of amides is 1. The maximum atomic E-state index is 13.4. The monoisotopic (exact) mass is 361 g/mol. The Morgan fingerprint density at radius 3 is 1.62 bits per heavy atom. The second-order valence-corrected chi connectivity index (χ2v) is 6.98. The number of nitrogens with one attached hydrogen (secondary N) is 2. The molecule has 0 saturated carbocycles. The molecule has 2 aromatic rings. The minimum Gasteiger partial charge on any atom is -0.365 e. The van der Waals surface area contributed by atoms with Gasteiger partial charge in [0.15, 0.2) is 6.04 Å². The second kappa shape index (κ2) is 7.93. The standard InChI is InChI=1S/C20H23F2N3O/c1-14(20(23)26)24-10-12-25(13-11-24)19(15-2-6-17(21)7-3-15)16-4-8-18(22)9-5-16/h2-9,14,19H,10-13H2,1H3,(H2,23,26)/p+2/t14-/m0/s1. The van der Waals surface area contributed by atoms with Crippen LogP contribution in [0.15, 0.2) is 48.5 Å². The van der Waals surface area contributed by atoms with E-state index in [1.807, 2.05) is 6.92 Å². The zero-order valence-electron chi connectivity index (χ0n) is 14.8. The third kappa shape index (κ3) is 4.08. The van der Waals surface area contributed by atoms with Crippen LogP contribution >= 0.6 is 0 Å². The summed E-state index contributed by atoms with van der Waals surface area (Å²) in [5.74, 6) is -0.825. The highest BCUT2D eigenvalue weighted by Crippen LogP contribution is 2.20. The summed E-state index contributed by atoms with van der Waals surface area (Å²) < 4.78 is 26.7. The van der Waals surface area contributed by atoms with Crippen LogP contribution in [-0.4, -0.2) is 38.1 Å². The Bertz CT molecular complexity index is 695. The number of benzene rings is 2. The minimum atomic E-state index is -0.280. The average Bonchev–Trinajstić information content (AvgIpc) is 2.65. The number of nitrogens with two attached hydrogens (primary N) is 1. The Kier molecular flexibility index (Phi) is 5.64. The average molecular weight is 361 g/mol. The van der Waals surface area contributed by atoms with Crippen LogP contribution in [-0.2, 0) is 4.79 Å². The van der Waals surface area contributed by atoms with E-state index in [2.05, 4.69) is 0 Å². The van der Waals surface area contributed by atoms with E-state index in [1.165, 1.54) is 34.1 Å². The first-order valence-electron chi connectivity index (χ1n) is 8.95. The number of carbonyl (C=O) groups excluding carboxylic acids is 1. The molecule has 4 nitrogen and oxygen atoms in total. The van der Waals surface area contributed by atoms with Crippen molar-refractivity contribution in [2.75, 3.05) is 26.2 Å². The van der Waals surface area contributed by atoms with Crippen molar-refractivity contribution in [3.05, 3.63) is 71.3 Å². The van der Waals surface area contributed by atoms with Crippen molar-refractivity contribution in [3.63, 3.8) is 0 Å². The lowest BCUT2D eigenvalue weighted by Crippen LogP contribution is -3.30. The summed E-state index contributed by atoms with van der Waals surface area (Å²) in [7, 11) is 0. The van der Waals surface area contributed by atoms with Crippen molar-refractivity contribution in [2.24, 2.45) is 5.73 Å². The molecule has 2 aromatic carbocycles. The van der Waals surface area contributed by atoms with E-state index < -0.39 is 0 Å². The zero-order chi connectivity index (χ0) is 18.7. The van der Waals surface area contributed by atoms with Gasteiger partial charge in [0.1, 0.15) is 43.9 Å². The lowest BCUT2D eigenvalue weighted by Gasteiger charge is -2.36. The predicted octanol–water partition coefficient (Wildman–Crippen LogP) is -0.289. The van der Waals surface area contributed by atoms with Crippen molar-refractivity contribution in [1.82, 2.24) is 0 Å². The predicted molar refractivity (Wildman–Crippen MR) is 94.7 cm³/mol. The Labute approximate surface area is 152 Å². The molecule has 1 saturated heterocycles. The van der Waals surface area contributed by atoms with Gasteiger partial charge in [-0.3, -0.25) is 4.79 Å². The van der Waals surface area contributed by atoms with Gasteiger partial charge in [0.2, 0.25) is 0 Å². The van der Waals surface area contributed by atoms with Crippen LogP contribution in [0.4, 0.5) is 8.78 Å². The van der Waals surface area contributed by atoms with E-state index >= 15 is 0 Å². The van der Waals surface area contributed by atoms with Crippen LogP contribution in [0.2, 0.25) is 0 Å². The largest absolute Gasteiger partial charge is 0.365 e. The number of primary amides is 1. The number of piperazine rings is 1. The zero-order valence-corrected chi connectivity index (χ0v) is 14.8. The maximum Gasteiger partial charge on any atom is 0.275 e. The van der Waals surface area contributed by atoms with Gasteiger partial charge in [0, 0.05) is 11.1 Å². The lowest BCUT2D eigenvalue weighted by atomic mass is 9.96. The Morgan fingerprint density at radius 2 is 1.23 bits per heavy atom. The molecule has 0 aromatic heterocycles. The molecule has 0 aliphatic carbocycles. The van der Waals surface area contributed by atoms with E-state index in [4.69, 9.17) is 5.73 Å². The fraction of sp³-hybridized carbons (Fsp3) is 0.350. The Balaban J connectivity index is 1.84. The molecule has 138 valence electrons.